The van der Waals surface area contributed by atoms with Gasteiger partial charge in [0.1, 0.15) is 5.75 Å². The molecular weight excluding hydrogens is 923 g/mol. The minimum atomic E-state index is -2.68. The molecule has 0 aromatic heterocycles. The van der Waals surface area contributed by atoms with Gasteiger partial charge < -0.3 is 14.7 Å². The first-order chi connectivity index (χ1) is 28.6. The molecule has 0 radical (unpaired) electrons. The molecule has 0 spiro atoms. The van der Waals surface area contributed by atoms with Crippen molar-refractivity contribution in [1.29, 1.82) is 0 Å². The molecule has 28 heteroatoms. The number of halogens is 24. The van der Waals surface area contributed by atoms with Crippen LogP contribution >= 0.6 is 0 Å². The van der Waals surface area contributed by atoms with Crippen LogP contribution in [0.3, 0.4) is 0 Å². The van der Waals surface area contributed by atoms with Crippen molar-refractivity contribution in [3.63, 3.8) is 0 Å². The van der Waals surface area contributed by atoms with E-state index in [1.807, 2.05) is 0 Å². The van der Waals surface area contributed by atoms with Crippen LogP contribution in [-0.4, -0.2) is 17.4 Å². The van der Waals surface area contributed by atoms with E-state index in [0.717, 1.165) is 12.1 Å². The van der Waals surface area contributed by atoms with Crippen LogP contribution in [0.2, 0.25) is 0 Å². The Labute approximate surface area is 324 Å². The molecule has 0 aliphatic carbocycles. The van der Waals surface area contributed by atoms with E-state index >= 15 is 0 Å². The molecule has 6 aromatic carbocycles. The van der Waals surface area contributed by atoms with Crippen molar-refractivity contribution in [2.45, 2.75) is 0 Å². The van der Waals surface area contributed by atoms with E-state index in [1.54, 1.807) is 0 Å². The molecular formula is C34H5BF24O3. The maximum atomic E-state index is 13.5. The first kappa shape index (κ1) is 48.4. The van der Waals surface area contributed by atoms with Gasteiger partial charge in [0.25, 0.3) is 0 Å². The van der Waals surface area contributed by atoms with Crippen LogP contribution in [0.15, 0.2) is 18.2 Å². The summed E-state index contributed by atoms with van der Waals surface area (Å²) in [6.45, 7) is 0. The maximum absolute atomic E-state index is 13.5. The summed E-state index contributed by atoms with van der Waals surface area (Å²) in [6.07, 6.45) is 0. The molecule has 0 aliphatic rings. The topological polar surface area (TPSA) is 49.7 Å². The molecule has 3 nitrogen and oxygen atoms in total. The quantitative estimate of drug-likeness (QED) is 0.0802. The van der Waals surface area contributed by atoms with Gasteiger partial charge in [-0.25, -0.2) is 105 Å². The van der Waals surface area contributed by atoms with Gasteiger partial charge in [-0.1, -0.05) is 12.1 Å². The molecule has 2 N–H and O–H groups in total. The summed E-state index contributed by atoms with van der Waals surface area (Å²) in [4.78, 5) is 0. The van der Waals surface area contributed by atoms with Crippen molar-refractivity contribution in [3.8, 4) is 28.0 Å². The molecule has 0 saturated heterocycles. The van der Waals surface area contributed by atoms with Gasteiger partial charge in [-0.05, 0) is 6.07 Å². The molecule has 0 unspecified atom stereocenters. The number of rotatable bonds is 4. The van der Waals surface area contributed by atoms with Crippen LogP contribution < -0.4 is 4.65 Å². The lowest BCUT2D eigenvalue weighted by Gasteiger charge is -2.11. The van der Waals surface area contributed by atoms with Gasteiger partial charge in [0.15, 0.2) is 116 Å². The lowest BCUT2D eigenvalue weighted by Crippen LogP contribution is -2.21. The summed E-state index contributed by atoms with van der Waals surface area (Å²) in [5, 5.41) is 15.9. The normalized spacial score (nSPS) is 11.1. The highest BCUT2D eigenvalue weighted by atomic mass is 19.2. The molecule has 330 valence electrons. The van der Waals surface area contributed by atoms with Gasteiger partial charge in [-0.2, -0.15) is 0 Å². The van der Waals surface area contributed by atoms with E-state index < -0.39 is 186 Å². The van der Waals surface area contributed by atoms with Crippen molar-refractivity contribution in [1.82, 2.24) is 0 Å². The van der Waals surface area contributed by atoms with Crippen LogP contribution in [0.4, 0.5) is 105 Å². The van der Waals surface area contributed by atoms with Gasteiger partial charge in [-0.3, -0.25) is 0 Å². The predicted octanol–water partition coefficient (Wildman–Crippen LogP) is 11.2. The number of hydrogen-bond donors (Lipinski definition) is 2. The predicted molar refractivity (Wildman–Crippen MR) is 158 cm³/mol. The summed E-state index contributed by atoms with van der Waals surface area (Å²) in [5.41, 5.74) is -9.04. The Hall–Kier alpha value is -6.32. The Balaban J connectivity index is 0.000000206. The lowest BCUT2D eigenvalue weighted by atomic mass is 10.0. The van der Waals surface area contributed by atoms with Crippen LogP contribution in [0.1, 0.15) is 0 Å². The average Bonchev–Trinajstić information content (AvgIpc) is 3.24. The molecule has 0 heterocycles. The zero-order valence-corrected chi connectivity index (χ0v) is 28.2. The van der Waals surface area contributed by atoms with Gasteiger partial charge in [0.2, 0.25) is 23.3 Å². The molecule has 0 saturated carbocycles. The summed E-state index contributed by atoms with van der Waals surface area (Å²) < 4.78 is 320. The Morgan fingerprint density at radius 1 is 0.274 bits per heavy atom. The second-order valence-electron chi connectivity index (χ2n) is 11.2. The zero-order valence-electron chi connectivity index (χ0n) is 28.2. The van der Waals surface area contributed by atoms with Gasteiger partial charge >= 0.3 is 7.32 Å². The van der Waals surface area contributed by atoms with Gasteiger partial charge in [-0.15, -0.1) is 0 Å². The number of fused-ring (bicyclic) bond motifs is 1. The molecule has 62 heavy (non-hydrogen) atoms. The smallest absolute Gasteiger partial charge is 0.511 e. The van der Waals surface area contributed by atoms with E-state index in [0.29, 0.717) is 0 Å². The van der Waals surface area contributed by atoms with Crippen LogP contribution in [0.25, 0.3) is 33.0 Å². The van der Waals surface area contributed by atoms with Crippen molar-refractivity contribution in [2.75, 3.05) is 0 Å². The highest BCUT2D eigenvalue weighted by molar-refractivity contribution is 6.34. The first-order valence-corrected chi connectivity index (χ1v) is 15.0. The van der Waals surface area contributed by atoms with Crippen molar-refractivity contribution < 1.29 is 120 Å². The van der Waals surface area contributed by atoms with Crippen LogP contribution in [-0.2, 0) is 0 Å². The molecule has 0 bridgehead atoms. The van der Waals surface area contributed by atoms with Crippen LogP contribution in [0.5, 0.6) is 5.75 Å². The Morgan fingerprint density at radius 3 is 0.726 bits per heavy atom. The van der Waals surface area contributed by atoms with E-state index in [2.05, 4.69) is 4.65 Å². The average molecular weight is 928 g/mol. The highest BCUT2D eigenvalue weighted by Gasteiger charge is 2.36. The molecule has 6 aromatic rings. The third kappa shape index (κ3) is 8.09. The summed E-state index contributed by atoms with van der Waals surface area (Å²) in [5.74, 6) is -61.0. The maximum Gasteiger partial charge on any atom is 0.707 e. The molecule has 0 fully saturated rings. The Morgan fingerprint density at radius 2 is 0.484 bits per heavy atom. The highest BCUT2D eigenvalue weighted by Crippen LogP contribution is 2.39. The van der Waals surface area contributed by atoms with Crippen molar-refractivity contribution in [2.24, 2.45) is 0 Å². The van der Waals surface area contributed by atoms with Crippen LogP contribution in [0, 0.1) is 140 Å². The summed E-state index contributed by atoms with van der Waals surface area (Å²) in [6, 6.07) is 3.23. The lowest BCUT2D eigenvalue weighted by molar-refractivity contribution is 0.289. The minimum Gasteiger partial charge on any atom is -0.511 e. The van der Waals surface area contributed by atoms with Gasteiger partial charge in [0.05, 0.1) is 27.6 Å². The van der Waals surface area contributed by atoms with Crippen molar-refractivity contribution in [3.05, 3.63) is 158 Å². The fourth-order valence-corrected chi connectivity index (χ4v) is 4.87. The number of benzene rings is 6. The first-order valence-electron chi connectivity index (χ1n) is 15.0. The SMILES string of the molecule is Fc1c(F)c(F)c(-c2c(F)c(F)c(F)c(F)c2F)c(F)c1F.Fc1c(F)c(F)c(-c2c(F)c(F)c(F)c(F)c2F)c(F)c1F.OB(O)Oc1cccc2c(F)c(F)c(F)c(F)c12. The van der Waals surface area contributed by atoms with E-state index in [9.17, 15) is 105 Å². The van der Waals surface area contributed by atoms with E-state index in [4.69, 9.17) is 10.0 Å². The summed E-state index contributed by atoms with van der Waals surface area (Å²) >= 11 is 0. The summed E-state index contributed by atoms with van der Waals surface area (Å²) in [7, 11) is -2.30. The van der Waals surface area contributed by atoms with E-state index in [1.165, 1.54) is 6.07 Å². The minimum absolute atomic E-state index is 0.516. The fraction of sp³-hybridized carbons (Fsp3) is 0. The second-order valence-corrected chi connectivity index (χ2v) is 11.2. The third-order valence-corrected chi connectivity index (χ3v) is 7.63. The monoisotopic (exact) mass is 928 g/mol. The molecule has 0 amide bonds. The fourth-order valence-electron chi connectivity index (χ4n) is 4.87. The Kier molecular flexibility index (Phi) is 14.0. The molecule has 6 rings (SSSR count). The standard InChI is InChI=1S/2C12F10.C10H5BF4O3/c2*13-3-1(4(14)8(18)11(21)7(3)17)2-5(15)9(19)12(22)10(20)6(2)16;12-7-4-2-1-3-5(18-11(16)17)6(4)8(13)10(15)9(7)14/h;;1-3,16-17H. The molecule has 0 atom stereocenters. The Bertz CT molecular complexity index is 2430. The zero-order chi connectivity index (χ0) is 47.3. The second kappa shape index (κ2) is 18.0. The van der Waals surface area contributed by atoms with Gasteiger partial charge in [0, 0.05) is 5.39 Å². The number of hydrogen-bond acceptors (Lipinski definition) is 3. The molecule has 0 aliphatic heterocycles. The largest absolute Gasteiger partial charge is 0.707 e. The third-order valence-electron chi connectivity index (χ3n) is 7.63. The van der Waals surface area contributed by atoms with Crippen molar-refractivity contribution >= 4 is 18.1 Å². The van der Waals surface area contributed by atoms with E-state index in [-0.39, 0.29) is 0 Å².